The smallest absolute Gasteiger partial charge is 0.343 e. The van der Waals surface area contributed by atoms with Gasteiger partial charge in [0.25, 0.3) is 5.69 Å². The van der Waals surface area contributed by atoms with Gasteiger partial charge < -0.3 is 10.1 Å². The van der Waals surface area contributed by atoms with Crippen molar-refractivity contribution in [1.29, 1.82) is 0 Å². The van der Waals surface area contributed by atoms with Crippen LogP contribution in [0.3, 0.4) is 0 Å². The number of nitrogens with one attached hydrogen (secondary N) is 1. The SMILES string of the molecule is CSc1nc(C)cc(Nc2cccc(OC(=O)c3ccc([N+](=O)[O-])cc3)c2)n1. The van der Waals surface area contributed by atoms with Gasteiger partial charge in [-0.25, -0.2) is 14.8 Å². The van der Waals surface area contributed by atoms with Crippen molar-refractivity contribution in [2.24, 2.45) is 0 Å². The number of nitro groups is 1. The van der Waals surface area contributed by atoms with Crippen molar-refractivity contribution >= 4 is 34.9 Å². The molecule has 2 aromatic carbocycles. The summed E-state index contributed by atoms with van der Waals surface area (Å²) in [5.41, 5.74) is 1.66. The monoisotopic (exact) mass is 396 g/mol. The highest BCUT2D eigenvalue weighted by Crippen LogP contribution is 2.23. The number of hydrogen-bond donors (Lipinski definition) is 1. The van der Waals surface area contributed by atoms with Gasteiger partial charge in [-0.15, -0.1) is 0 Å². The fourth-order valence-electron chi connectivity index (χ4n) is 2.37. The molecule has 0 amide bonds. The van der Waals surface area contributed by atoms with Gasteiger partial charge in [0, 0.05) is 35.6 Å². The average molecular weight is 396 g/mol. The summed E-state index contributed by atoms with van der Waals surface area (Å²) in [6, 6.07) is 13.9. The zero-order chi connectivity index (χ0) is 20.1. The first-order valence-electron chi connectivity index (χ1n) is 8.18. The molecule has 3 rings (SSSR count). The zero-order valence-electron chi connectivity index (χ0n) is 15.1. The van der Waals surface area contributed by atoms with Crippen molar-refractivity contribution in [1.82, 2.24) is 9.97 Å². The van der Waals surface area contributed by atoms with Crippen LogP contribution in [0.15, 0.2) is 59.8 Å². The number of thioether (sulfide) groups is 1. The first kappa shape index (κ1) is 19.3. The largest absolute Gasteiger partial charge is 0.423 e. The van der Waals surface area contributed by atoms with Crippen LogP contribution in [-0.2, 0) is 0 Å². The average Bonchev–Trinajstić information content (AvgIpc) is 2.67. The summed E-state index contributed by atoms with van der Waals surface area (Å²) in [6.07, 6.45) is 1.90. The van der Waals surface area contributed by atoms with Gasteiger partial charge >= 0.3 is 5.97 Å². The molecular formula is C19H16N4O4S. The molecule has 0 bridgehead atoms. The number of benzene rings is 2. The number of non-ortho nitro benzene ring substituents is 1. The first-order chi connectivity index (χ1) is 13.4. The Morgan fingerprint density at radius 2 is 1.89 bits per heavy atom. The third-order valence-corrected chi connectivity index (χ3v) is 4.19. The van der Waals surface area contributed by atoms with Crippen molar-refractivity contribution in [3.63, 3.8) is 0 Å². The number of nitro benzene ring substituents is 1. The maximum absolute atomic E-state index is 12.3. The predicted molar refractivity (Wildman–Crippen MR) is 106 cm³/mol. The van der Waals surface area contributed by atoms with E-state index in [-0.39, 0.29) is 11.3 Å². The molecule has 0 radical (unpaired) electrons. The Kier molecular flexibility index (Phi) is 5.85. The van der Waals surface area contributed by atoms with Gasteiger partial charge in [-0.3, -0.25) is 10.1 Å². The highest BCUT2D eigenvalue weighted by Gasteiger charge is 2.12. The van der Waals surface area contributed by atoms with Crippen molar-refractivity contribution in [3.05, 3.63) is 76.0 Å². The Morgan fingerprint density at radius 1 is 1.14 bits per heavy atom. The number of carbonyl (C=O) groups excluding carboxylic acids is 1. The summed E-state index contributed by atoms with van der Waals surface area (Å²) in [7, 11) is 0. The molecule has 8 nitrogen and oxygen atoms in total. The Labute approximate surface area is 165 Å². The molecule has 0 fully saturated rings. The van der Waals surface area contributed by atoms with Gasteiger partial charge in [-0.1, -0.05) is 17.8 Å². The van der Waals surface area contributed by atoms with Crippen LogP contribution in [0.1, 0.15) is 16.1 Å². The number of aryl methyl sites for hydroxylation is 1. The lowest BCUT2D eigenvalue weighted by molar-refractivity contribution is -0.384. The molecule has 0 aliphatic heterocycles. The zero-order valence-corrected chi connectivity index (χ0v) is 15.9. The van der Waals surface area contributed by atoms with Gasteiger partial charge in [0.05, 0.1) is 10.5 Å². The van der Waals surface area contributed by atoms with Gasteiger partial charge in [0.2, 0.25) is 0 Å². The van der Waals surface area contributed by atoms with Gasteiger partial charge in [0.1, 0.15) is 11.6 Å². The van der Waals surface area contributed by atoms with E-state index in [9.17, 15) is 14.9 Å². The van der Waals surface area contributed by atoms with E-state index < -0.39 is 10.9 Å². The summed E-state index contributed by atoms with van der Waals surface area (Å²) in [5, 5.41) is 14.5. The summed E-state index contributed by atoms with van der Waals surface area (Å²) in [5.74, 6) is 0.370. The Balaban J connectivity index is 1.73. The number of anilines is 2. The van der Waals surface area contributed by atoms with E-state index in [4.69, 9.17) is 4.74 Å². The standard InChI is InChI=1S/C19H16N4O4S/c1-12-10-17(22-19(20-12)28-2)21-14-4-3-5-16(11-14)27-18(24)13-6-8-15(9-7-13)23(25)26/h3-11H,1-2H3,(H,20,21,22). The minimum Gasteiger partial charge on any atom is -0.423 e. The lowest BCUT2D eigenvalue weighted by Gasteiger charge is -2.09. The quantitative estimate of drug-likeness (QED) is 0.163. The molecule has 0 unspecified atom stereocenters. The van der Waals surface area contributed by atoms with E-state index in [0.29, 0.717) is 22.4 Å². The Hall–Kier alpha value is -3.46. The van der Waals surface area contributed by atoms with Crippen LogP contribution >= 0.6 is 11.8 Å². The number of nitrogens with zero attached hydrogens (tertiary/aromatic N) is 3. The molecule has 1 N–H and O–H groups in total. The fourth-order valence-corrected chi connectivity index (χ4v) is 2.79. The normalized spacial score (nSPS) is 10.4. The molecule has 0 saturated heterocycles. The number of esters is 1. The van der Waals surface area contributed by atoms with E-state index in [1.807, 2.05) is 25.3 Å². The summed E-state index contributed by atoms with van der Waals surface area (Å²) in [4.78, 5) is 31.1. The fraction of sp³-hybridized carbons (Fsp3) is 0.105. The molecule has 142 valence electrons. The molecule has 28 heavy (non-hydrogen) atoms. The molecule has 1 heterocycles. The lowest BCUT2D eigenvalue weighted by Crippen LogP contribution is -2.08. The maximum Gasteiger partial charge on any atom is 0.343 e. The number of rotatable bonds is 6. The second-order valence-corrected chi connectivity index (χ2v) is 6.50. The van der Waals surface area contributed by atoms with Crippen LogP contribution in [0, 0.1) is 17.0 Å². The van der Waals surface area contributed by atoms with E-state index in [2.05, 4.69) is 15.3 Å². The van der Waals surface area contributed by atoms with Crippen LogP contribution in [0.4, 0.5) is 17.2 Å². The van der Waals surface area contributed by atoms with Crippen LogP contribution in [-0.4, -0.2) is 27.1 Å². The Bertz CT molecular complexity index is 1020. The lowest BCUT2D eigenvalue weighted by atomic mass is 10.2. The molecule has 0 aliphatic carbocycles. The highest BCUT2D eigenvalue weighted by molar-refractivity contribution is 7.98. The van der Waals surface area contributed by atoms with Crippen molar-refractivity contribution in [2.45, 2.75) is 12.1 Å². The molecule has 1 aromatic heterocycles. The van der Waals surface area contributed by atoms with Gasteiger partial charge in [-0.2, -0.15) is 0 Å². The molecule has 9 heteroatoms. The number of carbonyl (C=O) groups is 1. The minimum absolute atomic E-state index is 0.0903. The molecule has 0 spiro atoms. The molecule has 0 aliphatic rings. The summed E-state index contributed by atoms with van der Waals surface area (Å²) < 4.78 is 5.36. The highest BCUT2D eigenvalue weighted by atomic mass is 32.2. The van der Waals surface area contributed by atoms with E-state index in [1.54, 1.807) is 18.2 Å². The first-order valence-corrected chi connectivity index (χ1v) is 9.40. The number of aromatic nitrogens is 2. The molecule has 0 atom stereocenters. The topological polar surface area (TPSA) is 107 Å². The van der Waals surface area contributed by atoms with Gasteiger partial charge in [0.15, 0.2) is 5.16 Å². The van der Waals surface area contributed by atoms with Crippen LogP contribution in [0.5, 0.6) is 5.75 Å². The van der Waals surface area contributed by atoms with Crippen molar-refractivity contribution < 1.29 is 14.5 Å². The second-order valence-electron chi connectivity index (χ2n) is 5.73. The third kappa shape index (κ3) is 4.83. The maximum atomic E-state index is 12.3. The predicted octanol–water partition coefficient (Wildman–Crippen LogP) is 4.38. The Morgan fingerprint density at radius 3 is 2.57 bits per heavy atom. The van der Waals surface area contributed by atoms with Crippen LogP contribution < -0.4 is 10.1 Å². The van der Waals surface area contributed by atoms with Crippen LogP contribution in [0.25, 0.3) is 0 Å². The number of ether oxygens (including phenoxy) is 1. The number of hydrogen-bond acceptors (Lipinski definition) is 8. The van der Waals surface area contributed by atoms with Crippen LogP contribution in [0.2, 0.25) is 0 Å². The molecular weight excluding hydrogens is 380 g/mol. The molecule has 0 saturated carbocycles. The van der Waals surface area contributed by atoms with Crippen molar-refractivity contribution in [2.75, 3.05) is 11.6 Å². The summed E-state index contributed by atoms with van der Waals surface area (Å²) >= 11 is 1.45. The third-order valence-electron chi connectivity index (χ3n) is 3.65. The van der Waals surface area contributed by atoms with Gasteiger partial charge in [-0.05, 0) is 37.4 Å². The van der Waals surface area contributed by atoms with Crippen molar-refractivity contribution in [3.8, 4) is 5.75 Å². The minimum atomic E-state index is -0.602. The summed E-state index contributed by atoms with van der Waals surface area (Å²) in [6.45, 7) is 1.88. The van der Waals surface area contributed by atoms with E-state index >= 15 is 0 Å². The van der Waals surface area contributed by atoms with E-state index in [0.717, 1.165) is 5.69 Å². The second kappa shape index (κ2) is 8.49. The molecule has 3 aromatic rings. The van der Waals surface area contributed by atoms with E-state index in [1.165, 1.54) is 36.0 Å².